The Kier molecular flexibility index (Phi) is 14.0. The van der Waals surface area contributed by atoms with Gasteiger partial charge in [-0.2, -0.15) is 0 Å². The number of hydrogen-bond donors (Lipinski definition) is 2. The summed E-state index contributed by atoms with van der Waals surface area (Å²) in [5.74, 6) is 0. The topological polar surface area (TPSA) is 76.7 Å². The summed E-state index contributed by atoms with van der Waals surface area (Å²) in [6, 6.07) is 0. The van der Waals surface area contributed by atoms with Crippen LogP contribution in [0.5, 0.6) is 0 Å². The van der Waals surface area contributed by atoms with Crippen LogP contribution in [0.25, 0.3) is 0 Å². The van der Waals surface area contributed by atoms with Crippen molar-refractivity contribution in [2.45, 2.75) is 149 Å². The van der Waals surface area contributed by atoms with Crippen LogP contribution >= 0.6 is 0 Å². The molecule has 2 atom stereocenters. The molecule has 6 heteroatoms. The molecule has 0 aromatic rings. The SMILES string of the molecule is CCCCCCCCOC(=O)NC1(C)CC(C)(C)CC(C)(NC(=O)OCCCCCCCC)C1. The van der Waals surface area contributed by atoms with Gasteiger partial charge in [0.05, 0.1) is 13.2 Å². The van der Waals surface area contributed by atoms with Crippen molar-refractivity contribution in [3.05, 3.63) is 0 Å². The Balaban J connectivity index is 2.46. The van der Waals surface area contributed by atoms with Crippen molar-refractivity contribution in [3.8, 4) is 0 Å². The van der Waals surface area contributed by atoms with Crippen molar-refractivity contribution in [2.75, 3.05) is 13.2 Å². The van der Waals surface area contributed by atoms with Crippen molar-refractivity contribution in [1.29, 1.82) is 0 Å². The lowest BCUT2D eigenvalue weighted by molar-refractivity contribution is 0.0450. The highest BCUT2D eigenvalue weighted by molar-refractivity contribution is 5.69. The fourth-order valence-corrected chi connectivity index (χ4v) is 6.00. The number of carbonyl (C=O) groups excluding carboxylic acids is 2. The summed E-state index contributed by atoms with van der Waals surface area (Å²) < 4.78 is 10.9. The second-order valence-electron chi connectivity index (χ2n) is 11.9. The van der Waals surface area contributed by atoms with Crippen LogP contribution in [0.4, 0.5) is 9.59 Å². The Morgan fingerprint density at radius 1 is 0.588 bits per heavy atom. The predicted molar refractivity (Wildman–Crippen MR) is 140 cm³/mol. The molecule has 0 saturated heterocycles. The Morgan fingerprint density at radius 3 is 1.32 bits per heavy atom. The van der Waals surface area contributed by atoms with Crippen LogP contribution in [0.2, 0.25) is 0 Å². The molecule has 34 heavy (non-hydrogen) atoms. The summed E-state index contributed by atoms with van der Waals surface area (Å²) >= 11 is 0. The average Bonchev–Trinajstić information content (AvgIpc) is 2.69. The van der Waals surface area contributed by atoms with E-state index in [2.05, 4.69) is 52.2 Å². The maximum Gasteiger partial charge on any atom is 0.407 e. The molecule has 0 aromatic heterocycles. The van der Waals surface area contributed by atoms with Gasteiger partial charge in [0, 0.05) is 11.1 Å². The molecule has 1 aliphatic rings. The maximum absolute atomic E-state index is 12.5. The van der Waals surface area contributed by atoms with Gasteiger partial charge in [-0.25, -0.2) is 9.59 Å². The summed E-state index contributed by atoms with van der Waals surface area (Å²) in [7, 11) is 0. The minimum absolute atomic E-state index is 0.0408. The first-order chi connectivity index (χ1) is 16.0. The Morgan fingerprint density at radius 2 is 0.941 bits per heavy atom. The molecule has 1 rings (SSSR count). The van der Waals surface area contributed by atoms with E-state index in [9.17, 15) is 9.59 Å². The van der Waals surface area contributed by atoms with E-state index >= 15 is 0 Å². The third-order valence-corrected chi connectivity index (χ3v) is 6.79. The monoisotopic (exact) mass is 482 g/mol. The van der Waals surface area contributed by atoms with Crippen LogP contribution in [0.15, 0.2) is 0 Å². The standard InChI is InChI=1S/C28H54N2O4/c1-7-9-11-13-15-17-19-33-24(31)29-27(5)21-26(3,4)22-28(6,23-27)30-25(32)34-20-18-16-14-12-10-8-2/h7-23H2,1-6H3,(H,29,31)(H,30,32). The third kappa shape index (κ3) is 13.4. The van der Waals surface area contributed by atoms with E-state index in [0.29, 0.717) is 19.6 Å². The molecule has 2 N–H and O–H groups in total. The van der Waals surface area contributed by atoms with Gasteiger partial charge in [-0.05, 0) is 51.4 Å². The number of carbonyl (C=O) groups is 2. The van der Waals surface area contributed by atoms with Gasteiger partial charge in [-0.3, -0.25) is 0 Å². The molecule has 200 valence electrons. The number of nitrogens with one attached hydrogen (secondary N) is 2. The van der Waals surface area contributed by atoms with Gasteiger partial charge in [0.1, 0.15) is 0 Å². The summed E-state index contributed by atoms with van der Waals surface area (Å²) in [6.07, 6.45) is 15.5. The second kappa shape index (κ2) is 15.5. The van der Waals surface area contributed by atoms with Gasteiger partial charge >= 0.3 is 12.2 Å². The number of unbranched alkanes of at least 4 members (excludes halogenated alkanes) is 10. The quantitative estimate of drug-likeness (QED) is 0.219. The van der Waals surface area contributed by atoms with Crippen molar-refractivity contribution in [2.24, 2.45) is 5.41 Å². The zero-order valence-corrected chi connectivity index (χ0v) is 23.2. The van der Waals surface area contributed by atoms with E-state index in [1.807, 2.05) is 0 Å². The summed E-state index contributed by atoms with van der Waals surface area (Å²) in [5, 5.41) is 6.23. The third-order valence-electron chi connectivity index (χ3n) is 6.79. The van der Waals surface area contributed by atoms with E-state index in [1.165, 1.54) is 51.4 Å². The number of hydrogen-bond acceptors (Lipinski definition) is 4. The fourth-order valence-electron chi connectivity index (χ4n) is 6.00. The van der Waals surface area contributed by atoms with Crippen LogP contribution in [0.3, 0.4) is 0 Å². The van der Waals surface area contributed by atoms with Gasteiger partial charge in [0.15, 0.2) is 0 Å². The van der Waals surface area contributed by atoms with Gasteiger partial charge in [0.2, 0.25) is 0 Å². The molecule has 0 aliphatic heterocycles. The zero-order valence-electron chi connectivity index (χ0n) is 23.2. The molecule has 0 aromatic carbocycles. The lowest BCUT2D eigenvalue weighted by atomic mass is 9.61. The number of amides is 2. The van der Waals surface area contributed by atoms with Crippen LogP contribution in [0, 0.1) is 5.41 Å². The fraction of sp³-hybridized carbons (Fsp3) is 0.929. The molecule has 1 saturated carbocycles. The highest BCUT2D eigenvalue weighted by Crippen LogP contribution is 2.45. The smallest absolute Gasteiger partial charge is 0.407 e. The lowest BCUT2D eigenvalue weighted by Gasteiger charge is -2.51. The normalized spacial score (nSPS) is 23.8. The number of rotatable bonds is 16. The molecule has 0 bridgehead atoms. The minimum atomic E-state index is -0.457. The minimum Gasteiger partial charge on any atom is -0.450 e. The molecule has 6 nitrogen and oxygen atoms in total. The highest BCUT2D eigenvalue weighted by Gasteiger charge is 2.48. The van der Waals surface area contributed by atoms with Crippen LogP contribution < -0.4 is 10.6 Å². The van der Waals surface area contributed by atoms with E-state index in [-0.39, 0.29) is 17.6 Å². The molecule has 0 radical (unpaired) electrons. The van der Waals surface area contributed by atoms with Crippen molar-refractivity contribution in [3.63, 3.8) is 0 Å². The Labute approximate surface area is 209 Å². The highest BCUT2D eigenvalue weighted by atomic mass is 16.6. The van der Waals surface area contributed by atoms with Crippen LogP contribution in [-0.4, -0.2) is 36.5 Å². The summed E-state index contributed by atoms with van der Waals surface area (Å²) in [6.45, 7) is 13.8. The van der Waals surface area contributed by atoms with Gasteiger partial charge in [-0.15, -0.1) is 0 Å². The van der Waals surface area contributed by atoms with Crippen LogP contribution in [0.1, 0.15) is 138 Å². The second-order valence-corrected chi connectivity index (χ2v) is 11.9. The first-order valence-electron chi connectivity index (χ1n) is 13.9. The first kappa shape index (κ1) is 30.6. The molecule has 1 fully saturated rings. The van der Waals surface area contributed by atoms with Gasteiger partial charge in [-0.1, -0.05) is 91.9 Å². The van der Waals surface area contributed by atoms with Crippen molar-refractivity contribution >= 4 is 12.2 Å². The summed E-state index contributed by atoms with van der Waals surface area (Å²) in [5.41, 5.74) is -0.955. The molecule has 2 unspecified atom stereocenters. The van der Waals surface area contributed by atoms with Crippen molar-refractivity contribution < 1.29 is 19.1 Å². The summed E-state index contributed by atoms with van der Waals surface area (Å²) in [4.78, 5) is 25.0. The molecular weight excluding hydrogens is 428 g/mol. The lowest BCUT2D eigenvalue weighted by Crippen LogP contribution is -2.62. The molecule has 0 spiro atoms. The van der Waals surface area contributed by atoms with E-state index in [4.69, 9.17) is 9.47 Å². The molecule has 0 heterocycles. The Bertz CT molecular complexity index is 547. The first-order valence-corrected chi connectivity index (χ1v) is 13.9. The van der Waals surface area contributed by atoms with E-state index < -0.39 is 11.1 Å². The number of ether oxygens (including phenoxy) is 2. The largest absolute Gasteiger partial charge is 0.450 e. The average molecular weight is 483 g/mol. The Hall–Kier alpha value is -1.46. The van der Waals surface area contributed by atoms with Crippen molar-refractivity contribution in [1.82, 2.24) is 10.6 Å². The van der Waals surface area contributed by atoms with E-state index in [1.54, 1.807) is 0 Å². The zero-order chi connectivity index (χ0) is 25.5. The van der Waals surface area contributed by atoms with Gasteiger partial charge < -0.3 is 20.1 Å². The molecule has 1 aliphatic carbocycles. The van der Waals surface area contributed by atoms with E-state index in [0.717, 1.165) is 38.5 Å². The predicted octanol–water partition coefficient (Wildman–Crippen LogP) is 7.89. The molecular formula is C28H54N2O4. The number of alkyl carbamates (subject to hydrolysis) is 2. The van der Waals surface area contributed by atoms with Crippen LogP contribution in [-0.2, 0) is 9.47 Å². The maximum atomic E-state index is 12.5. The van der Waals surface area contributed by atoms with Gasteiger partial charge in [0.25, 0.3) is 0 Å². The molecule has 2 amide bonds.